The Kier molecular flexibility index (Phi) is 4.96. The highest BCUT2D eigenvalue weighted by Crippen LogP contribution is 2.20. The molecule has 2 rings (SSSR count). The molecule has 1 aromatic carbocycles. The second kappa shape index (κ2) is 6.91. The Balaban J connectivity index is 2.14. The van der Waals surface area contributed by atoms with Crippen LogP contribution in [0.1, 0.15) is 28.8 Å². The molecule has 1 unspecified atom stereocenters. The van der Waals surface area contributed by atoms with Crippen molar-refractivity contribution < 1.29 is 9.59 Å². The van der Waals surface area contributed by atoms with E-state index < -0.39 is 0 Å². The predicted octanol–water partition coefficient (Wildman–Crippen LogP) is 0.347. The Bertz CT molecular complexity index is 584. The van der Waals surface area contributed by atoms with Gasteiger partial charge >= 0.3 is 0 Å². The number of hydrogen-bond acceptors (Lipinski definition) is 3. The highest BCUT2D eigenvalue weighted by molar-refractivity contribution is 5.98. The molecule has 0 radical (unpaired) electrons. The topological polar surface area (TPSA) is 75.4 Å². The highest BCUT2D eigenvalue weighted by atomic mass is 16.2. The molecule has 0 aliphatic carbocycles. The smallest absolute Gasteiger partial charge is 0.254 e. The van der Waals surface area contributed by atoms with Crippen molar-refractivity contribution in [2.45, 2.75) is 18.9 Å². The molecule has 0 bridgehead atoms. The third kappa shape index (κ3) is 3.41. The third-order valence-electron chi connectivity index (χ3n) is 3.53. The lowest BCUT2D eigenvalue weighted by Gasteiger charge is -2.23. The van der Waals surface area contributed by atoms with Crippen LogP contribution in [-0.2, 0) is 4.79 Å². The van der Waals surface area contributed by atoms with Gasteiger partial charge in [-0.05, 0) is 37.1 Å². The lowest BCUT2D eigenvalue weighted by Crippen LogP contribution is -2.44. The first-order valence-corrected chi connectivity index (χ1v) is 6.99. The van der Waals surface area contributed by atoms with E-state index in [1.165, 1.54) is 0 Å². The van der Waals surface area contributed by atoms with Crippen molar-refractivity contribution in [3.05, 3.63) is 35.4 Å². The summed E-state index contributed by atoms with van der Waals surface area (Å²) in [6.07, 6.45) is 1.56. The van der Waals surface area contributed by atoms with Gasteiger partial charge < -0.3 is 16.0 Å². The third-order valence-corrected chi connectivity index (χ3v) is 3.53. The largest absolute Gasteiger partial charge is 0.357 e. The first-order valence-electron chi connectivity index (χ1n) is 6.99. The van der Waals surface area contributed by atoms with Crippen molar-refractivity contribution in [2.24, 2.45) is 5.73 Å². The molecule has 5 heteroatoms. The maximum atomic E-state index is 12.5. The first-order chi connectivity index (χ1) is 10.2. The number of likely N-dealkylation sites (tertiary alicyclic amines) is 1. The van der Waals surface area contributed by atoms with Crippen LogP contribution in [-0.4, -0.2) is 42.9 Å². The van der Waals surface area contributed by atoms with Gasteiger partial charge in [0.25, 0.3) is 5.91 Å². The number of carbonyl (C=O) groups is 2. The van der Waals surface area contributed by atoms with Crippen LogP contribution in [0.5, 0.6) is 0 Å². The van der Waals surface area contributed by atoms with E-state index in [1.807, 2.05) is 0 Å². The molecule has 0 saturated carbocycles. The van der Waals surface area contributed by atoms with Gasteiger partial charge in [-0.15, -0.1) is 0 Å². The summed E-state index contributed by atoms with van der Waals surface area (Å²) in [4.78, 5) is 25.9. The Morgan fingerprint density at radius 3 is 2.71 bits per heavy atom. The van der Waals surface area contributed by atoms with Crippen LogP contribution in [0.2, 0.25) is 0 Å². The second-order valence-electron chi connectivity index (χ2n) is 4.85. The van der Waals surface area contributed by atoms with Gasteiger partial charge in [-0.1, -0.05) is 11.8 Å². The monoisotopic (exact) mass is 285 g/mol. The van der Waals surface area contributed by atoms with E-state index in [0.717, 1.165) is 12.0 Å². The molecule has 0 spiro atoms. The van der Waals surface area contributed by atoms with Crippen molar-refractivity contribution >= 4 is 11.8 Å². The minimum Gasteiger partial charge on any atom is -0.357 e. The summed E-state index contributed by atoms with van der Waals surface area (Å²) >= 11 is 0. The molecule has 1 heterocycles. The van der Waals surface area contributed by atoms with E-state index in [1.54, 1.807) is 36.2 Å². The van der Waals surface area contributed by atoms with Gasteiger partial charge in [-0.2, -0.15) is 0 Å². The zero-order chi connectivity index (χ0) is 15.2. The first kappa shape index (κ1) is 15.1. The van der Waals surface area contributed by atoms with Gasteiger partial charge in [0.15, 0.2) is 0 Å². The molecular formula is C16H19N3O2. The number of benzene rings is 1. The molecule has 21 heavy (non-hydrogen) atoms. The van der Waals surface area contributed by atoms with Gasteiger partial charge in [0, 0.05) is 24.7 Å². The van der Waals surface area contributed by atoms with E-state index >= 15 is 0 Å². The molecule has 5 nitrogen and oxygen atoms in total. The van der Waals surface area contributed by atoms with Crippen molar-refractivity contribution in [2.75, 3.05) is 20.1 Å². The molecule has 3 N–H and O–H groups in total. The summed E-state index contributed by atoms with van der Waals surface area (Å²) < 4.78 is 0. The van der Waals surface area contributed by atoms with Gasteiger partial charge in [0.2, 0.25) is 5.91 Å². The minimum atomic E-state index is -0.362. The van der Waals surface area contributed by atoms with Crippen molar-refractivity contribution in [3.63, 3.8) is 0 Å². The van der Waals surface area contributed by atoms with Gasteiger partial charge in [-0.25, -0.2) is 0 Å². The Morgan fingerprint density at radius 2 is 2.10 bits per heavy atom. The molecule has 1 saturated heterocycles. The Hall–Kier alpha value is -2.32. The highest BCUT2D eigenvalue weighted by Gasteiger charge is 2.33. The summed E-state index contributed by atoms with van der Waals surface area (Å²) in [5.41, 5.74) is 6.72. The fourth-order valence-corrected chi connectivity index (χ4v) is 2.46. The van der Waals surface area contributed by atoms with Crippen LogP contribution in [0.3, 0.4) is 0 Å². The SMILES string of the molecule is CNC(=O)C1CCCN1C(=O)c1ccc(C#CCN)cc1. The van der Waals surface area contributed by atoms with Crippen molar-refractivity contribution in [1.82, 2.24) is 10.2 Å². The average Bonchev–Trinajstić information content (AvgIpc) is 3.01. The van der Waals surface area contributed by atoms with E-state index in [0.29, 0.717) is 25.1 Å². The minimum absolute atomic E-state index is 0.105. The van der Waals surface area contributed by atoms with Crippen LogP contribution in [0.4, 0.5) is 0 Å². The number of nitrogens with one attached hydrogen (secondary N) is 1. The van der Waals surface area contributed by atoms with E-state index in [-0.39, 0.29) is 17.9 Å². The number of hydrogen-bond donors (Lipinski definition) is 2. The molecule has 2 amide bonds. The maximum absolute atomic E-state index is 12.5. The Labute approximate surface area is 124 Å². The number of nitrogens with two attached hydrogens (primary N) is 1. The quantitative estimate of drug-likeness (QED) is 0.770. The number of amides is 2. The molecule has 1 aromatic rings. The van der Waals surface area contributed by atoms with Crippen LogP contribution in [0, 0.1) is 11.8 Å². The lowest BCUT2D eigenvalue weighted by atomic mass is 10.1. The Morgan fingerprint density at radius 1 is 1.38 bits per heavy atom. The summed E-state index contributed by atoms with van der Waals surface area (Å²) in [6.45, 7) is 0.925. The van der Waals surface area contributed by atoms with Crippen LogP contribution in [0.15, 0.2) is 24.3 Å². The maximum Gasteiger partial charge on any atom is 0.254 e. The number of rotatable bonds is 2. The van der Waals surface area contributed by atoms with Crippen LogP contribution in [0.25, 0.3) is 0 Å². The number of nitrogens with zero attached hydrogens (tertiary/aromatic N) is 1. The predicted molar refractivity (Wildman–Crippen MR) is 80.5 cm³/mol. The van der Waals surface area contributed by atoms with Gasteiger partial charge in [0.05, 0.1) is 6.54 Å². The zero-order valence-electron chi connectivity index (χ0n) is 12.1. The van der Waals surface area contributed by atoms with Crippen LogP contribution < -0.4 is 11.1 Å². The average molecular weight is 285 g/mol. The van der Waals surface area contributed by atoms with Gasteiger partial charge in [0.1, 0.15) is 6.04 Å². The molecule has 1 fully saturated rings. The summed E-state index contributed by atoms with van der Waals surface area (Å²) in [7, 11) is 1.59. The zero-order valence-corrected chi connectivity index (χ0v) is 12.1. The lowest BCUT2D eigenvalue weighted by molar-refractivity contribution is -0.124. The molecular weight excluding hydrogens is 266 g/mol. The summed E-state index contributed by atoms with van der Waals surface area (Å²) in [5.74, 6) is 5.46. The normalized spacial score (nSPS) is 17.0. The van der Waals surface area contributed by atoms with E-state index in [9.17, 15) is 9.59 Å². The number of carbonyl (C=O) groups excluding carboxylic acids is 2. The fourth-order valence-electron chi connectivity index (χ4n) is 2.46. The molecule has 1 aliphatic rings. The summed E-state index contributed by atoms with van der Waals surface area (Å²) in [5, 5.41) is 2.61. The molecule has 110 valence electrons. The van der Waals surface area contributed by atoms with E-state index in [2.05, 4.69) is 17.2 Å². The summed E-state index contributed by atoms with van der Waals surface area (Å²) in [6, 6.07) is 6.70. The van der Waals surface area contributed by atoms with Crippen LogP contribution >= 0.6 is 0 Å². The molecule has 1 aliphatic heterocycles. The fraction of sp³-hybridized carbons (Fsp3) is 0.375. The van der Waals surface area contributed by atoms with Gasteiger partial charge in [-0.3, -0.25) is 9.59 Å². The second-order valence-corrected chi connectivity index (χ2v) is 4.85. The van der Waals surface area contributed by atoms with E-state index in [4.69, 9.17) is 5.73 Å². The molecule has 1 atom stereocenters. The van der Waals surface area contributed by atoms with Crippen molar-refractivity contribution in [1.29, 1.82) is 0 Å². The molecule has 0 aromatic heterocycles. The standard InChI is InChI=1S/C16H19N3O2/c1-18-15(20)14-5-3-11-19(14)16(21)13-8-6-12(7-9-13)4-2-10-17/h6-9,14H,3,5,10-11,17H2,1H3,(H,18,20). The number of likely N-dealkylation sites (N-methyl/N-ethyl adjacent to an activating group) is 1. The van der Waals surface area contributed by atoms with Crippen molar-refractivity contribution in [3.8, 4) is 11.8 Å².